The highest BCUT2D eigenvalue weighted by Crippen LogP contribution is 2.18. The molecule has 0 saturated carbocycles. The van der Waals surface area contributed by atoms with Gasteiger partial charge >= 0.3 is 5.97 Å². The summed E-state index contributed by atoms with van der Waals surface area (Å²) in [4.78, 5) is 26.7. The third-order valence-electron chi connectivity index (χ3n) is 4.93. The Kier molecular flexibility index (Phi) is 7.23. The second-order valence-electron chi connectivity index (χ2n) is 8.43. The van der Waals surface area contributed by atoms with Crippen LogP contribution in [0.1, 0.15) is 38.3 Å². The van der Waals surface area contributed by atoms with Crippen LogP contribution in [-0.4, -0.2) is 38.7 Å². The van der Waals surface area contributed by atoms with Gasteiger partial charge in [0.05, 0.1) is 11.9 Å². The van der Waals surface area contributed by atoms with Crippen molar-refractivity contribution in [3.63, 3.8) is 0 Å². The highest BCUT2D eigenvalue weighted by molar-refractivity contribution is 5.81. The van der Waals surface area contributed by atoms with E-state index in [-0.39, 0.29) is 24.5 Å². The van der Waals surface area contributed by atoms with Crippen LogP contribution in [0.4, 0.5) is 0 Å². The van der Waals surface area contributed by atoms with E-state index in [1.807, 2.05) is 87.6 Å². The average Bonchev–Trinajstić information content (AvgIpc) is 3.24. The topological polar surface area (TPSA) is 64.4 Å². The molecule has 0 fully saturated rings. The van der Waals surface area contributed by atoms with Gasteiger partial charge in [-0.2, -0.15) is 5.10 Å². The number of aryl methyl sites for hydroxylation is 1. The van der Waals surface area contributed by atoms with Gasteiger partial charge in [-0.1, -0.05) is 48.5 Å². The van der Waals surface area contributed by atoms with Gasteiger partial charge < -0.3 is 9.64 Å². The number of rotatable bonds is 8. The molecule has 1 aromatic heterocycles. The lowest BCUT2D eigenvalue weighted by Crippen LogP contribution is -2.46. The molecule has 6 heteroatoms. The first-order valence-corrected chi connectivity index (χ1v) is 10.4. The van der Waals surface area contributed by atoms with Crippen molar-refractivity contribution >= 4 is 11.9 Å². The smallest absolute Gasteiger partial charge is 0.306 e. The van der Waals surface area contributed by atoms with Gasteiger partial charge in [-0.25, -0.2) is 4.68 Å². The van der Waals surface area contributed by atoms with Gasteiger partial charge in [0.25, 0.3) is 5.91 Å². The largest absolute Gasteiger partial charge is 0.456 e. The van der Waals surface area contributed by atoms with Crippen molar-refractivity contribution in [3.8, 4) is 5.69 Å². The molecular formula is C25H29N3O3. The van der Waals surface area contributed by atoms with E-state index in [9.17, 15) is 9.59 Å². The van der Waals surface area contributed by atoms with E-state index in [4.69, 9.17) is 4.74 Å². The van der Waals surface area contributed by atoms with Crippen molar-refractivity contribution in [1.82, 2.24) is 14.7 Å². The van der Waals surface area contributed by atoms with Crippen molar-refractivity contribution in [2.24, 2.45) is 0 Å². The lowest BCUT2D eigenvalue weighted by molar-refractivity contribution is -0.154. The molecule has 0 aliphatic carbocycles. The van der Waals surface area contributed by atoms with Gasteiger partial charge in [0.1, 0.15) is 0 Å². The quantitative estimate of drug-likeness (QED) is 0.514. The fourth-order valence-electron chi connectivity index (χ4n) is 3.22. The predicted molar refractivity (Wildman–Crippen MR) is 120 cm³/mol. The predicted octanol–water partition coefficient (Wildman–Crippen LogP) is 4.18. The van der Waals surface area contributed by atoms with Gasteiger partial charge in [0.2, 0.25) is 0 Å². The molecule has 3 rings (SSSR count). The summed E-state index contributed by atoms with van der Waals surface area (Å²) in [6.45, 7) is 6.13. The summed E-state index contributed by atoms with van der Waals surface area (Å²) >= 11 is 0. The molecule has 1 amide bonds. The summed E-state index contributed by atoms with van der Waals surface area (Å²) in [6.07, 6.45) is 4.34. The Hall–Kier alpha value is -3.41. The maximum atomic E-state index is 12.8. The van der Waals surface area contributed by atoms with Crippen LogP contribution < -0.4 is 0 Å². The highest BCUT2D eigenvalue weighted by atomic mass is 16.5. The standard InChI is InChI=1S/C25H29N3O3/c1-25(2,3)27(17-20-10-6-4-7-11-20)23(29)19-31-24(30)15-14-21-16-26-28(18-21)22-12-8-5-9-13-22/h4-13,16,18H,14-15,17,19H2,1-3H3. The number of benzene rings is 2. The van der Waals surface area contributed by atoms with E-state index >= 15 is 0 Å². The van der Waals surface area contributed by atoms with Crippen molar-refractivity contribution in [2.45, 2.75) is 45.7 Å². The van der Waals surface area contributed by atoms with E-state index in [1.165, 1.54) is 0 Å². The van der Waals surface area contributed by atoms with Crippen LogP contribution in [0.3, 0.4) is 0 Å². The fourth-order valence-corrected chi connectivity index (χ4v) is 3.22. The van der Waals surface area contributed by atoms with Crippen LogP contribution in [0.2, 0.25) is 0 Å². The Morgan fingerprint density at radius 1 is 0.968 bits per heavy atom. The number of amides is 1. The Balaban J connectivity index is 1.50. The first kappa shape index (κ1) is 22.3. The molecule has 31 heavy (non-hydrogen) atoms. The molecule has 2 aromatic carbocycles. The van der Waals surface area contributed by atoms with E-state index in [2.05, 4.69) is 5.10 Å². The molecular weight excluding hydrogens is 390 g/mol. The molecule has 0 bridgehead atoms. The summed E-state index contributed by atoms with van der Waals surface area (Å²) in [5.74, 6) is -0.601. The molecule has 0 saturated heterocycles. The van der Waals surface area contributed by atoms with Crippen molar-refractivity contribution in [2.75, 3.05) is 6.61 Å². The maximum absolute atomic E-state index is 12.8. The van der Waals surface area contributed by atoms with Crippen LogP contribution in [0.25, 0.3) is 5.69 Å². The summed E-state index contributed by atoms with van der Waals surface area (Å²) in [5, 5.41) is 4.33. The SMILES string of the molecule is CC(C)(C)N(Cc1ccccc1)C(=O)COC(=O)CCc1cnn(-c2ccccc2)c1. The highest BCUT2D eigenvalue weighted by Gasteiger charge is 2.27. The molecule has 0 N–H and O–H groups in total. The van der Waals surface area contributed by atoms with Gasteiger partial charge in [-0.15, -0.1) is 0 Å². The minimum absolute atomic E-state index is 0.196. The molecule has 3 aromatic rings. The van der Waals surface area contributed by atoms with Gasteiger partial charge in [0.15, 0.2) is 6.61 Å². The zero-order valence-corrected chi connectivity index (χ0v) is 18.3. The number of hydrogen-bond donors (Lipinski definition) is 0. The van der Waals surface area contributed by atoms with E-state index in [0.29, 0.717) is 13.0 Å². The molecule has 0 aliphatic rings. The molecule has 0 atom stereocenters. The van der Waals surface area contributed by atoms with Gasteiger partial charge in [-0.05, 0) is 50.5 Å². The Morgan fingerprint density at radius 2 is 1.61 bits per heavy atom. The van der Waals surface area contributed by atoms with Gasteiger partial charge in [0, 0.05) is 24.7 Å². The summed E-state index contributed by atoms with van der Waals surface area (Å²) in [7, 11) is 0. The number of hydrogen-bond acceptors (Lipinski definition) is 4. The number of nitrogens with zero attached hydrogens (tertiary/aromatic N) is 3. The van der Waals surface area contributed by atoms with E-state index < -0.39 is 5.97 Å². The molecule has 0 spiro atoms. The minimum atomic E-state index is -0.394. The third-order valence-corrected chi connectivity index (χ3v) is 4.93. The molecule has 0 aliphatic heterocycles. The summed E-state index contributed by atoms with van der Waals surface area (Å²) in [6, 6.07) is 19.6. The zero-order chi connectivity index (χ0) is 22.3. The summed E-state index contributed by atoms with van der Waals surface area (Å²) in [5.41, 5.74) is 2.55. The Labute approximate surface area is 183 Å². The third kappa shape index (κ3) is 6.54. The van der Waals surface area contributed by atoms with Crippen molar-refractivity contribution < 1.29 is 14.3 Å². The van der Waals surface area contributed by atoms with E-state index in [1.54, 1.807) is 15.8 Å². The number of esters is 1. The normalized spacial score (nSPS) is 11.2. The van der Waals surface area contributed by atoms with Crippen molar-refractivity contribution in [3.05, 3.63) is 84.2 Å². The Bertz CT molecular complexity index is 992. The van der Waals surface area contributed by atoms with Gasteiger partial charge in [-0.3, -0.25) is 9.59 Å². The van der Waals surface area contributed by atoms with Crippen LogP contribution in [-0.2, 0) is 27.3 Å². The minimum Gasteiger partial charge on any atom is -0.456 e. The van der Waals surface area contributed by atoms with Crippen LogP contribution in [0.5, 0.6) is 0 Å². The van der Waals surface area contributed by atoms with Crippen molar-refractivity contribution in [1.29, 1.82) is 0 Å². The van der Waals surface area contributed by atoms with E-state index in [0.717, 1.165) is 16.8 Å². The Morgan fingerprint density at radius 3 is 2.26 bits per heavy atom. The number of carbonyl (C=O) groups is 2. The second kappa shape index (κ2) is 10.1. The van der Waals surface area contributed by atoms with Crippen LogP contribution in [0.15, 0.2) is 73.1 Å². The number of para-hydroxylation sites is 1. The second-order valence-corrected chi connectivity index (χ2v) is 8.43. The first-order chi connectivity index (χ1) is 14.8. The number of ether oxygens (including phenoxy) is 1. The average molecular weight is 420 g/mol. The van der Waals surface area contributed by atoms with Crippen LogP contribution in [0, 0.1) is 0 Å². The monoisotopic (exact) mass is 419 g/mol. The fraction of sp³-hybridized carbons (Fsp3) is 0.320. The first-order valence-electron chi connectivity index (χ1n) is 10.4. The number of aromatic nitrogens is 2. The molecule has 0 unspecified atom stereocenters. The summed E-state index contributed by atoms with van der Waals surface area (Å²) < 4.78 is 7.05. The maximum Gasteiger partial charge on any atom is 0.306 e. The lowest BCUT2D eigenvalue weighted by atomic mass is 10.0. The number of carbonyl (C=O) groups excluding carboxylic acids is 2. The molecule has 162 valence electrons. The zero-order valence-electron chi connectivity index (χ0n) is 18.3. The molecule has 6 nitrogen and oxygen atoms in total. The lowest BCUT2D eigenvalue weighted by Gasteiger charge is -2.35. The molecule has 0 radical (unpaired) electrons. The molecule has 1 heterocycles. The van der Waals surface area contributed by atoms with Crippen LogP contribution >= 0.6 is 0 Å².